The minimum Gasteiger partial charge on any atom is -0.345 e. The summed E-state index contributed by atoms with van der Waals surface area (Å²) in [6.45, 7) is 5.17. The monoisotopic (exact) mass is 141 g/mol. The van der Waals surface area contributed by atoms with Crippen LogP contribution in [0.4, 0.5) is 0 Å². The van der Waals surface area contributed by atoms with Crippen LogP contribution in [0.1, 0.15) is 6.92 Å². The van der Waals surface area contributed by atoms with Gasteiger partial charge in [0.2, 0.25) is 0 Å². The Morgan fingerprint density at radius 2 is 2.10 bits per heavy atom. The van der Waals surface area contributed by atoms with E-state index in [0.29, 0.717) is 6.54 Å². The third-order valence-corrected chi connectivity index (χ3v) is 0.961. The normalized spacial score (nSPS) is 8.20. The molecular weight excluding hydrogens is 126 g/mol. The van der Waals surface area contributed by atoms with E-state index in [4.69, 9.17) is 5.73 Å². The van der Waals surface area contributed by atoms with Crippen LogP contribution in [0.3, 0.4) is 0 Å². The molecule has 0 saturated carbocycles. The van der Waals surface area contributed by atoms with E-state index >= 15 is 0 Å². The summed E-state index contributed by atoms with van der Waals surface area (Å²) in [5.74, 6) is 2.75. The number of hydrogen-bond donors (Lipinski definition) is 3. The average Bonchev–Trinajstić information content (AvgIpc) is 1.97. The Morgan fingerprint density at radius 1 is 1.30 bits per heavy atom. The summed E-state index contributed by atoms with van der Waals surface area (Å²) in [4.78, 5) is 0. The first kappa shape index (κ1) is 9.28. The zero-order valence-electron chi connectivity index (χ0n) is 6.41. The fraction of sp³-hybridized carbons (Fsp3) is 0.714. The van der Waals surface area contributed by atoms with E-state index < -0.39 is 0 Å². The molecule has 0 aliphatic rings. The SMILES string of the molecule is CC#CNCCNCCN. The van der Waals surface area contributed by atoms with Crippen LogP contribution in [0.2, 0.25) is 0 Å². The lowest BCUT2D eigenvalue weighted by molar-refractivity contribution is 0.671. The summed E-state index contributed by atoms with van der Waals surface area (Å²) < 4.78 is 0. The molecule has 0 atom stereocenters. The first-order chi connectivity index (χ1) is 4.91. The van der Waals surface area contributed by atoms with Crippen molar-refractivity contribution in [2.24, 2.45) is 5.73 Å². The van der Waals surface area contributed by atoms with Crippen LogP contribution in [0, 0.1) is 12.0 Å². The molecule has 0 aromatic carbocycles. The van der Waals surface area contributed by atoms with Gasteiger partial charge in [-0.05, 0) is 6.92 Å². The molecule has 58 valence electrons. The Hall–Kier alpha value is -0.720. The van der Waals surface area contributed by atoms with Crippen LogP contribution in [-0.2, 0) is 0 Å². The second kappa shape index (κ2) is 8.28. The summed E-state index contributed by atoms with van der Waals surface area (Å²) in [7, 11) is 0. The molecule has 10 heavy (non-hydrogen) atoms. The molecule has 0 unspecified atom stereocenters. The third kappa shape index (κ3) is 7.28. The quantitative estimate of drug-likeness (QED) is 0.264. The predicted octanol–water partition coefficient (Wildman–Crippen LogP) is -0.895. The van der Waals surface area contributed by atoms with Gasteiger partial charge in [0.25, 0.3) is 0 Å². The van der Waals surface area contributed by atoms with Crippen molar-refractivity contribution < 1.29 is 0 Å². The summed E-state index contributed by atoms with van der Waals surface area (Å²) in [5.41, 5.74) is 5.26. The molecule has 3 heteroatoms. The van der Waals surface area contributed by atoms with Crippen molar-refractivity contribution in [1.29, 1.82) is 0 Å². The second-order valence-corrected chi connectivity index (χ2v) is 1.84. The Balaban J connectivity index is 2.82. The molecule has 0 amide bonds. The lowest BCUT2D eigenvalue weighted by Crippen LogP contribution is -2.28. The highest BCUT2D eigenvalue weighted by Gasteiger charge is 1.80. The van der Waals surface area contributed by atoms with Crippen LogP contribution in [0.15, 0.2) is 0 Å². The molecule has 0 fully saturated rings. The van der Waals surface area contributed by atoms with Crippen molar-refractivity contribution in [3.63, 3.8) is 0 Å². The van der Waals surface area contributed by atoms with Gasteiger partial charge in [0.05, 0.1) is 0 Å². The Labute approximate surface area is 62.4 Å². The Kier molecular flexibility index (Phi) is 7.68. The highest BCUT2D eigenvalue weighted by Crippen LogP contribution is 1.55. The molecule has 0 aliphatic heterocycles. The van der Waals surface area contributed by atoms with Crippen LogP contribution in [0.25, 0.3) is 0 Å². The van der Waals surface area contributed by atoms with E-state index in [1.54, 1.807) is 6.92 Å². The van der Waals surface area contributed by atoms with Crippen molar-refractivity contribution in [3.8, 4) is 12.0 Å². The zero-order chi connectivity index (χ0) is 7.66. The topological polar surface area (TPSA) is 50.1 Å². The average molecular weight is 141 g/mol. The first-order valence-electron chi connectivity index (χ1n) is 3.47. The maximum absolute atomic E-state index is 5.26. The van der Waals surface area contributed by atoms with Crippen LogP contribution in [-0.4, -0.2) is 26.2 Å². The van der Waals surface area contributed by atoms with Gasteiger partial charge in [0.1, 0.15) is 0 Å². The Bertz CT molecular complexity index is 112. The van der Waals surface area contributed by atoms with Gasteiger partial charge in [-0.15, -0.1) is 0 Å². The van der Waals surface area contributed by atoms with Gasteiger partial charge in [-0.1, -0.05) is 5.92 Å². The summed E-state index contributed by atoms with van der Waals surface area (Å²) in [5, 5.41) is 6.07. The van der Waals surface area contributed by atoms with Crippen molar-refractivity contribution in [1.82, 2.24) is 10.6 Å². The lowest BCUT2D eigenvalue weighted by atomic mass is 10.5. The molecule has 4 N–H and O–H groups in total. The molecule has 3 nitrogen and oxygen atoms in total. The first-order valence-corrected chi connectivity index (χ1v) is 3.47. The summed E-state index contributed by atoms with van der Waals surface area (Å²) in [6, 6.07) is 2.75. The van der Waals surface area contributed by atoms with E-state index in [2.05, 4.69) is 22.6 Å². The highest BCUT2D eigenvalue weighted by molar-refractivity contribution is 4.91. The van der Waals surface area contributed by atoms with E-state index in [-0.39, 0.29) is 0 Å². The van der Waals surface area contributed by atoms with Crippen LogP contribution >= 0.6 is 0 Å². The second-order valence-electron chi connectivity index (χ2n) is 1.84. The molecule has 0 spiro atoms. The standard InChI is InChI=1S/C7H15N3/c1-2-4-9-6-7-10-5-3-8/h9-10H,3,5-8H2,1H3. The van der Waals surface area contributed by atoms with Crippen molar-refractivity contribution in [2.45, 2.75) is 6.92 Å². The van der Waals surface area contributed by atoms with Gasteiger partial charge >= 0.3 is 0 Å². The molecule has 0 rings (SSSR count). The third-order valence-electron chi connectivity index (χ3n) is 0.961. The van der Waals surface area contributed by atoms with Gasteiger partial charge in [0, 0.05) is 32.2 Å². The van der Waals surface area contributed by atoms with Crippen LogP contribution in [0.5, 0.6) is 0 Å². The molecule has 0 bridgehead atoms. The van der Waals surface area contributed by atoms with E-state index in [1.807, 2.05) is 0 Å². The zero-order valence-corrected chi connectivity index (χ0v) is 6.41. The van der Waals surface area contributed by atoms with Gasteiger partial charge in [-0.25, -0.2) is 0 Å². The van der Waals surface area contributed by atoms with Gasteiger partial charge in [0.15, 0.2) is 0 Å². The van der Waals surface area contributed by atoms with Crippen molar-refractivity contribution in [3.05, 3.63) is 0 Å². The van der Waals surface area contributed by atoms with Gasteiger partial charge in [-0.2, -0.15) is 0 Å². The summed E-state index contributed by atoms with van der Waals surface area (Å²) >= 11 is 0. The van der Waals surface area contributed by atoms with Gasteiger partial charge < -0.3 is 16.4 Å². The predicted molar refractivity (Wildman–Crippen MR) is 43.4 cm³/mol. The largest absolute Gasteiger partial charge is 0.345 e. The molecular formula is C7H15N3. The van der Waals surface area contributed by atoms with E-state index in [0.717, 1.165) is 19.6 Å². The molecule has 0 aromatic heterocycles. The smallest absolute Gasteiger partial charge is 0.0354 e. The number of nitrogens with one attached hydrogen (secondary N) is 2. The highest BCUT2D eigenvalue weighted by atomic mass is 14.9. The molecule has 0 heterocycles. The number of nitrogens with two attached hydrogens (primary N) is 1. The molecule has 0 aliphatic carbocycles. The molecule has 0 radical (unpaired) electrons. The number of rotatable bonds is 5. The summed E-state index contributed by atoms with van der Waals surface area (Å²) in [6.07, 6.45) is 0. The maximum atomic E-state index is 5.26. The van der Waals surface area contributed by atoms with E-state index in [9.17, 15) is 0 Å². The fourth-order valence-corrected chi connectivity index (χ4v) is 0.529. The minimum atomic E-state index is 0.694. The maximum Gasteiger partial charge on any atom is 0.0354 e. The number of hydrogen-bond acceptors (Lipinski definition) is 3. The molecule has 0 aromatic rings. The van der Waals surface area contributed by atoms with Crippen molar-refractivity contribution in [2.75, 3.05) is 26.2 Å². The lowest BCUT2D eigenvalue weighted by Gasteiger charge is -1.99. The minimum absolute atomic E-state index is 0.694. The van der Waals surface area contributed by atoms with E-state index in [1.165, 1.54) is 0 Å². The van der Waals surface area contributed by atoms with Crippen LogP contribution < -0.4 is 16.4 Å². The Morgan fingerprint density at radius 3 is 2.70 bits per heavy atom. The van der Waals surface area contributed by atoms with Crippen molar-refractivity contribution >= 4 is 0 Å². The fourth-order valence-electron chi connectivity index (χ4n) is 0.529. The van der Waals surface area contributed by atoms with Gasteiger partial charge in [-0.3, -0.25) is 0 Å². The molecule has 0 saturated heterocycles.